The summed E-state index contributed by atoms with van der Waals surface area (Å²) >= 11 is 0. The van der Waals surface area contributed by atoms with Crippen molar-refractivity contribution < 1.29 is 22.3 Å². The highest BCUT2D eigenvalue weighted by Crippen LogP contribution is 2.25. The Morgan fingerprint density at radius 2 is 1.62 bits per heavy atom. The highest BCUT2D eigenvalue weighted by molar-refractivity contribution is 5.32. The lowest BCUT2D eigenvalue weighted by Gasteiger charge is -2.10. The van der Waals surface area contributed by atoms with Crippen LogP contribution in [0.1, 0.15) is 11.1 Å². The summed E-state index contributed by atoms with van der Waals surface area (Å²) in [5.74, 6) is -4.58. The molecule has 2 rings (SSSR count). The number of nitrogens with two attached hydrogens (primary N) is 1. The van der Waals surface area contributed by atoms with Gasteiger partial charge in [-0.25, -0.2) is 17.6 Å². The number of hydrogen-bond donors (Lipinski definition) is 1. The largest absolute Gasteiger partial charge is 0.483 e. The molecule has 0 atom stereocenters. The van der Waals surface area contributed by atoms with Crippen molar-refractivity contribution in [1.29, 1.82) is 0 Å². The molecule has 0 aliphatic rings. The van der Waals surface area contributed by atoms with Gasteiger partial charge in [0.25, 0.3) is 0 Å². The molecule has 0 radical (unpaired) electrons. The van der Waals surface area contributed by atoms with Crippen LogP contribution in [0.2, 0.25) is 0 Å². The Morgan fingerprint density at radius 1 is 0.952 bits per heavy atom. The molecule has 2 nitrogen and oxygen atoms in total. The first kappa shape index (κ1) is 15.3. The van der Waals surface area contributed by atoms with Crippen molar-refractivity contribution in [3.63, 3.8) is 0 Å². The fourth-order valence-electron chi connectivity index (χ4n) is 1.87. The van der Waals surface area contributed by atoms with E-state index in [1.165, 1.54) is 12.1 Å². The van der Waals surface area contributed by atoms with E-state index in [-0.39, 0.29) is 12.1 Å². The van der Waals surface area contributed by atoms with Crippen LogP contribution in [0, 0.1) is 23.3 Å². The SMILES string of the molecule is NCCc1cc(F)c(OCc2cccc(F)c2F)c(F)c1. The van der Waals surface area contributed by atoms with Crippen molar-refractivity contribution in [1.82, 2.24) is 0 Å². The van der Waals surface area contributed by atoms with Crippen molar-refractivity contribution in [2.24, 2.45) is 5.73 Å². The molecule has 0 aliphatic heterocycles. The van der Waals surface area contributed by atoms with E-state index >= 15 is 0 Å². The molecule has 0 saturated heterocycles. The smallest absolute Gasteiger partial charge is 0.191 e. The Labute approximate surface area is 119 Å². The van der Waals surface area contributed by atoms with Gasteiger partial charge in [-0.2, -0.15) is 0 Å². The molecule has 21 heavy (non-hydrogen) atoms. The van der Waals surface area contributed by atoms with E-state index in [4.69, 9.17) is 10.5 Å². The quantitative estimate of drug-likeness (QED) is 0.860. The van der Waals surface area contributed by atoms with Crippen LogP contribution in [0.3, 0.4) is 0 Å². The molecular weight excluding hydrogens is 286 g/mol. The molecule has 0 aliphatic carbocycles. The first-order chi connectivity index (χ1) is 10.0. The topological polar surface area (TPSA) is 35.2 Å². The van der Waals surface area contributed by atoms with Crippen LogP contribution in [-0.2, 0) is 13.0 Å². The second-order valence-corrected chi connectivity index (χ2v) is 4.43. The van der Waals surface area contributed by atoms with Crippen LogP contribution in [-0.4, -0.2) is 6.54 Å². The molecule has 0 saturated carbocycles. The summed E-state index contributed by atoms with van der Waals surface area (Å²) in [5.41, 5.74) is 5.59. The molecule has 2 aromatic carbocycles. The van der Waals surface area contributed by atoms with Gasteiger partial charge in [-0.1, -0.05) is 12.1 Å². The minimum atomic E-state index is -1.10. The van der Waals surface area contributed by atoms with Crippen LogP contribution >= 0.6 is 0 Å². The number of hydrogen-bond acceptors (Lipinski definition) is 2. The van der Waals surface area contributed by atoms with E-state index < -0.39 is 35.6 Å². The van der Waals surface area contributed by atoms with E-state index in [1.807, 2.05) is 0 Å². The van der Waals surface area contributed by atoms with Gasteiger partial charge in [0, 0.05) is 5.56 Å². The van der Waals surface area contributed by atoms with Gasteiger partial charge in [-0.05, 0) is 36.7 Å². The van der Waals surface area contributed by atoms with E-state index in [9.17, 15) is 17.6 Å². The van der Waals surface area contributed by atoms with Gasteiger partial charge in [0.2, 0.25) is 0 Å². The molecule has 0 spiro atoms. The fraction of sp³-hybridized carbons (Fsp3) is 0.200. The normalized spacial score (nSPS) is 10.7. The zero-order valence-electron chi connectivity index (χ0n) is 11.0. The Hall–Kier alpha value is -2.08. The molecule has 0 bridgehead atoms. The first-order valence-corrected chi connectivity index (χ1v) is 6.26. The van der Waals surface area contributed by atoms with Crippen molar-refractivity contribution >= 4 is 0 Å². The standard InChI is InChI=1S/C15H13F4NO/c16-11-3-1-2-10(14(11)19)8-21-15-12(17)6-9(4-5-20)7-13(15)18/h1-3,6-7H,4-5,8,20H2. The van der Waals surface area contributed by atoms with Gasteiger partial charge in [0.15, 0.2) is 29.0 Å². The third-order valence-corrected chi connectivity index (χ3v) is 2.89. The number of benzene rings is 2. The van der Waals surface area contributed by atoms with Crippen LogP contribution in [0.25, 0.3) is 0 Å². The summed E-state index contributed by atoms with van der Waals surface area (Å²) in [6, 6.07) is 5.72. The maximum atomic E-state index is 13.7. The van der Waals surface area contributed by atoms with Gasteiger partial charge in [-0.15, -0.1) is 0 Å². The van der Waals surface area contributed by atoms with Gasteiger partial charge >= 0.3 is 0 Å². The van der Waals surface area contributed by atoms with Crippen LogP contribution in [0.15, 0.2) is 30.3 Å². The summed E-state index contributed by atoms with van der Waals surface area (Å²) in [6.07, 6.45) is 0.326. The first-order valence-electron chi connectivity index (χ1n) is 6.26. The second-order valence-electron chi connectivity index (χ2n) is 4.43. The average Bonchev–Trinajstić information content (AvgIpc) is 2.42. The zero-order chi connectivity index (χ0) is 15.4. The summed E-state index contributed by atoms with van der Waals surface area (Å²) in [4.78, 5) is 0. The van der Waals surface area contributed by atoms with Crippen LogP contribution < -0.4 is 10.5 Å². The maximum Gasteiger partial charge on any atom is 0.191 e. The third-order valence-electron chi connectivity index (χ3n) is 2.89. The summed E-state index contributed by atoms with van der Waals surface area (Å²) in [6.45, 7) is -0.221. The Balaban J connectivity index is 2.18. The molecule has 0 unspecified atom stereocenters. The fourth-order valence-corrected chi connectivity index (χ4v) is 1.87. The van der Waals surface area contributed by atoms with Gasteiger partial charge in [0.05, 0.1) is 0 Å². The Morgan fingerprint density at radius 3 is 2.24 bits per heavy atom. The monoisotopic (exact) mass is 299 g/mol. The van der Waals surface area contributed by atoms with Crippen molar-refractivity contribution in [3.05, 3.63) is 64.7 Å². The Kier molecular flexibility index (Phi) is 4.80. The van der Waals surface area contributed by atoms with Crippen molar-refractivity contribution in [3.8, 4) is 5.75 Å². The lowest BCUT2D eigenvalue weighted by Crippen LogP contribution is -2.06. The van der Waals surface area contributed by atoms with E-state index in [2.05, 4.69) is 0 Å². The highest BCUT2D eigenvalue weighted by Gasteiger charge is 2.14. The van der Waals surface area contributed by atoms with E-state index in [0.29, 0.717) is 12.0 Å². The van der Waals surface area contributed by atoms with Crippen LogP contribution in [0.4, 0.5) is 17.6 Å². The maximum absolute atomic E-state index is 13.7. The number of rotatable bonds is 5. The average molecular weight is 299 g/mol. The van der Waals surface area contributed by atoms with Crippen LogP contribution in [0.5, 0.6) is 5.75 Å². The number of halogens is 4. The van der Waals surface area contributed by atoms with Crippen molar-refractivity contribution in [2.75, 3.05) is 6.54 Å². The third kappa shape index (κ3) is 3.52. The minimum Gasteiger partial charge on any atom is -0.483 e. The van der Waals surface area contributed by atoms with E-state index in [1.54, 1.807) is 0 Å². The molecule has 2 aromatic rings. The molecule has 0 heterocycles. The molecule has 112 valence electrons. The molecule has 6 heteroatoms. The lowest BCUT2D eigenvalue weighted by atomic mass is 10.1. The molecular formula is C15H13F4NO. The van der Waals surface area contributed by atoms with E-state index in [0.717, 1.165) is 18.2 Å². The van der Waals surface area contributed by atoms with Gasteiger partial charge in [0.1, 0.15) is 6.61 Å². The highest BCUT2D eigenvalue weighted by atomic mass is 19.2. The minimum absolute atomic E-state index is 0.125. The second kappa shape index (κ2) is 6.58. The molecule has 0 amide bonds. The Bertz CT molecular complexity index is 623. The van der Waals surface area contributed by atoms with Gasteiger partial charge in [-0.3, -0.25) is 0 Å². The van der Waals surface area contributed by atoms with Crippen molar-refractivity contribution in [2.45, 2.75) is 13.0 Å². The summed E-state index contributed by atoms with van der Waals surface area (Å²) < 4.78 is 58.8. The molecule has 2 N–H and O–H groups in total. The predicted molar refractivity (Wildman–Crippen MR) is 69.8 cm³/mol. The molecule has 0 fully saturated rings. The number of ether oxygens (including phenoxy) is 1. The van der Waals surface area contributed by atoms with Gasteiger partial charge < -0.3 is 10.5 Å². The molecule has 0 aromatic heterocycles. The summed E-state index contributed by atoms with van der Waals surface area (Å²) in [5, 5.41) is 0. The summed E-state index contributed by atoms with van der Waals surface area (Å²) in [7, 11) is 0. The predicted octanol–water partition coefficient (Wildman–Crippen LogP) is 3.32. The lowest BCUT2D eigenvalue weighted by molar-refractivity contribution is 0.267. The zero-order valence-corrected chi connectivity index (χ0v) is 11.0.